The van der Waals surface area contributed by atoms with Gasteiger partial charge in [-0.3, -0.25) is 4.98 Å². The molecule has 1 aliphatic heterocycles. The highest BCUT2D eigenvalue weighted by molar-refractivity contribution is 6.32. The third-order valence-electron chi connectivity index (χ3n) is 5.42. The van der Waals surface area contributed by atoms with Gasteiger partial charge in [0, 0.05) is 53.7 Å². The molecule has 1 aliphatic rings. The summed E-state index contributed by atoms with van der Waals surface area (Å²) in [5.41, 5.74) is 6.29. The van der Waals surface area contributed by atoms with E-state index in [2.05, 4.69) is 32.0 Å². The van der Waals surface area contributed by atoms with Crippen LogP contribution < -0.4 is 4.90 Å². The van der Waals surface area contributed by atoms with Gasteiger partial charge in [0.1, 0.15) is 17.3 Å². The molecule has 4 aromatic heterocycles. The molecule has 0 fully saturated rings. The molecule has 146 valence electrons. The lowest BCUT2D eigenvalue weighted by Gasteiger charge is -2.30. The Labute approximate surface area is 171 Å². The summed E-state index contributed by atoms with van der Waals surface area (Å²) in [6, 6.07) is 3.39. The van der Waals surface area contributed by atoms with Crippen LogP contribution in [0.3, 0.4) is 0 Å². The number of anilines is 1. The Bertz CT molecular complexity index is 1250. The van der Waals surface area contributed by atoms with Crippen molar-refractivity contribution in [2.75, 3.05) is 11.4 Å². The van der Waals surface area contributed by atoms with Crippen LogP contribution in [0.4, 0.5) is 10.2 Å². The Balaban J connectivity index is 1.54. The van der Waals surface area contributed by atoms with Crippen LogP contribution in [0.5, 0.6) is 0 Å². The minimum Gasteiger partial charge on any atom is -0.350 e. The van der Waals surface area contributed by atoms with Crippen molar-refractivity contribution in [3.63, 3.8) is 0 Å². The van der Waals surface area contributed by atoms with Gasteiger partial charge in [-0.1, -0.05) is 11.6 Å². The molecule has 7 nitrogen and oxygen atoms in total. The number of hydrogen-bond donors (Lipinski definition) is 0. The first-order valence-corrected chi connectivity index (χ1v) is 9.60. The summed E-state index contributed by atoms with van der Waals surface area (Å²) in [5, 5.41) is 13.1. The maximum atomic E-state index is 13.7. The predicted octanol–water partition coefficient (Wildman–Crippen LogP) is 3.55. The number of fused-ring (bicyclic) bond motifs is 2. The number of halogens is 2. The number of aryl methyl sites for hydroxylation is 1. The molecule has 0 spiro atoms. The van der Waals surface area contributed by atoms with Gasteiger partial charge in [-0.25, -0.2) is 9.37 Å². The normalized spacial score (nSPS) is 13.7. The summed E-state index contributed by atoms with van der Waals surface area (Å²) < 4.78 is 15.4. The summed E-state index contributed by atoms with van der Waals surface area (Å²) in [7, 11) is 0. The molecule has 4 aromatic rings. The molecule has 9 heteroatoms. The van der Waals surface area contributed by atoms with Crippen molar-refractivity contribution in [2.24, 2.45) is 0 Å². The molecule has 0 saturated carbocycles. The molecule has 0 radical (unpaired) electrons. The zero-order valence-corrected chi connectivity index (χ0v) is 16.7. The van der Waals surface area contributed by atoms with Gasteiger partial charge in [0.25, 0.3) is 0 Å². The van der Waals surface area contributed by atoms with Crippen molar-refractivity contribution < 1.29 is 4.39 Å². The molecular weight excluding hydrogens is 393 g/mol. The quantitative estimate of drug-likeness (QED) is 0.471. The predicted molar refractivity (Wildman–Crippen MR) is 107 cm³/mol. The van der Waals surface area contributed by atoms with Crippen molar-refractivity contribution in [2.45, 2.75) is 26.8 Å². The minimum absolute atomic E-state index is 0.256. The fourth-order valence-corrected chi connectivity index (χ4v) is 3.95. The molecule has 5 rings (SSSR count). The number of hydrogen-bond acceptors (Lipinski definition) is 6. The second-order valence-corrected chi connectivity index (χ2v) is 7.52. The standard InChI is InChI=1S/C20H17ClFN7/c1-11-12(2)20(27-29-10-25-26-19(11)29)28-4-3-17-14(9-28)5-13(7-23-17)16-6-15(22)8-24-18(16)21/h5-8,10H,3-4,9H2,1-2H3. The first kappa shape index (κ1) is 17.9. The van der Waals surface area contributed by atoms with Gasteiger partial charge in [0.15, 0.2) is 11.5 Å². The maximum Gasteiger partial charge on any atom is 0.180 e. The fourth-order valence-electron chi connectivity index (χ4n) is 3.74. The van der Waals surface area contributed by atoms with Gasteiger partial charge >= 0.3 is 0 Å². The molecule has 0 unspecified atom stereocenters. The third-order valence-corrected chi connectivity index (χ3v) is 5.72. The fraction of sp³-hybridized carbons (Fsp3) is 0.250. The molecule has 0 aliphatic carbocycles. The van der Waals surface area contributed by atoms with E-state index in [4.69, 9.17) is 16.7 Å². The second-order valence-electron chi connectivity index (χ2n) is 7.17. The Morgan fingerprint density at radius 3 is 2.83 bits per heavy atom. The van der Waals surface area contributed by atoms with Crippen molar-refractivity contribution in [3.8, 4) is 11.1 Å². The summed E-state index contributed by atoms with van der Waals surface area (Å²) >= 11 is 6.18. The van der Waals surface area contributed by atoms with Crippen LogP contribution >= 0.6 is 11.6 Å². The van der Waals surface area contributed by atoms with Crippen LogP contribution in [-0.4, -0.2) is 36.3 Å². The van der Waals surface area contributed by atoms with Crippen molar-refractivity contribution >= 4 is 23.1 Å². The van der Waals surface area contributed by atoms with E-state index in [1.165, 1.54) is 6.07 Å². The molecule has 0 amide bonds. The smallest absolute Gasteiger partial charge is 0.180 e. The van der Waals surface area contributed by atoms with Crippen LogP contribution in [0.2, 0.25) is 5.15 Å². The largest absolute Gasteiger partial charge is 0.350 e. The number of rotatable bonds is 2. The first-order valence-electron chi connectivity index (χ1n) is 9.22. The van der Waals surface area contributed by atoms with Gasteiger partial charge in [0.2, 0.25) is 0 Å². The number of nitrogens with zero attached hydrogens (tertiary/aromatic N) is 7. The summed E-state index contributed by atoms with van der Waals surface area (Å²) in [6.45, 7) is 5.54. The highest BCUT2D eigenvalue weighted by atomic mass is 35.5. The molecule has 0 aromatic carbocycles. The summed E-state index contributed by atoms with van der Waals surface area (Å²) in [4.78, 5) is 10.7. The van der Waals surface area contributed by atoms with E-state index < -0.39 is 5.82 Å². The van der Waals surface area contributed by atoms with Gasteiger partial charge in [0.05, 0.1) is 6.20 Å². The number of aromatic nitrogens is 6. The monoisotopic (exact) mass is 409 g/mol. The Morgan fingerprint density at radius 2 is 1.97 bits per heavy atom. The van der Waals surface area contributed by atoms with Crippen molar-refractivity contribution in [1.82, 2.24) is 29.8 Å². The van der Waals surface area contributed by atoms with Crippen LogP contribution in [0.25, 0.3) is 16.8 Å². The number of pyridine rings is 2. The van der Waals surface area contributed by atoms with E-state index in [-0.39, 0.29) is 5.15 Å². The lowest BCUT2D eigenvalue weighted by molar-refractivity contribution is 0.622. The molecular formula is C20H17ClFN7. The SMILES string of the molecule is Cc1c(N2CCc3ncc(-c4cc(F)cnc4Cl)cc3C2)nn2cnnc2c1C. The lowest BCUT2D eigenvalue weighted by atomic mass is 10.0. The van der Waals surface area contributed by atoms with Crippen molar-refractivity contribution in [1.29, 1.82) is 0 Å². The lowest BCUT2D eigenvalue weighted by Crippen LogP contribution is -2.32. The average Bonchev–Trinajstić information content (AvgIpc) is 3.20. The van der Waals surface area contributed by atoms with Gasteiger partial charge in [-0.05, 0) is 31.5 Å². The third kappa shape index (κ3) is 3.00. The van der Waals surface area contributed by atoms with Crippen LogP contribution in [-0.2, 0) is 13.0 Å². The topological polar surface area (TPSA) is 72.1 Å². The maximum absolute atomic E-state index is 13.7. The highest BCUT2D eigenvalue weighted by Crippen LogP contribution is 2.31. The molecule has 5 heterocycles. The Hall–Kier alpha value is -3.13. The minimum atomic E-state index is -0.429. The average molecular weight is 410 g/mol. The van der Waals surface area contributed by atoms with Gasteiger partial charge in [-0.2, -0.15) is 4.52 Å². The van der Waals surface area contributed by atoms with Crippen molar-refractivity contribution in [3.05, 3.63) is 64.2 Å². The summed E-state index contributed by atoms with van der Waals surface area (Å²) in [6.07, 6.45) is 5.25. The molecule has 0 bridgehead atoms. The van der Waals surface area contributed by atoms with E-state index >= 15 is 0 Å². The van der Waals surface area contributed by atoms with Gasteiger partial charge < -0.3 is 4.90 Å². The van der Waals surface area contributed by atoms with E-state index in [0.29, 0.717) is 12.1 Å². The second kappa shape index (κ2) is 6.73. The highest BCUT2D eigenvalue weighted by Gasteiger charge is 2.23. The van der Waals surface area contributed by atoms with E-state index in [9.17, 15) is 4.39 Å². The Morgan fingerprint density at radius 1 is 1.10 bits per heavy atom. The molecule has 0 saturated heterocycles. The molecule has 0 N–H and O–H groups in total. The van der Waals surface area contributed by atoms with E-state index in [1.54, 1.807) is 17.0 Å². The molecule has 0 atom stereocenters. The van der Waals surface area contributed by atoms with E-state index in [1.807, 2.05) is 13.0 Å². The van der Waals surface area contributed by atoms with E-state index in [0.717, 1.165) is 58.6 Å². The Kier molecular flexibility index (Phi) is 4.16. The molecule has 29 heavy (non-hydrogen) atoms. The van der Waals surface area contributed by atoms with Crippen LogP contribution in [0.15, 0.2) is 30.9 Å². The zero-order chi connectivity index (χ0) is 20.1. The van der Waals surface area contributed by atoms with Crippen LogP contribution in [0.1, 0.15) is 22.4 Å². The summed E-state index contributed by atoms with van der Waals surface area (Å²) in [5.74, 6) is 0.470. The zero-order valence-electron chi connectivity index (χ0n) is 15.9. The van der Waals surface area contributed by atoms with Gasteiger partial charge in [-0.15, -0.1) is 15.3 Å². The first-order chi connectivity index (χ1) is 14.0. The van der Waals surface area contributed by atoms with Crippen LogP contribution in [0, 0.1) is 19.7 Å².